The Hall–Kier alpha value is -0.810. The molecule has 0 aromatic rings. The van der Waals surface area contributed by atoms with Gasteiger partial charge >= 0.3 is 6.09 Å². The van der Waals surface area contributed by atoms with Crippen LogP contribution in [0.2, 0.25) is 0 Å². The van der Waals surface area contributed by atoms with Gasteiger partial charge in [-0.3, -0.25) is 4.90 Å². The summed E-state index contributed by atoms with van der Waals surface area (Å²) in [5, 5.41) is 8.96. The summed E-state index contributed by atoms with van der Waals surface area (Å²) in [6, 6.07) is 0.727. The summed E-state index contributed by atoms with van der Waals surface area (Å²) in [4.78, 5) is 15.0. The summed E-state index contributed by atoms with van der Waals surface area (Å²) in [6.07, 6.45) is 3.88. The summed E-state index contributed by atoms with van der Waals surface area (Å²) in [6.45, 7) is 5.34. The van der Waals surface area contributed by atoms with E-state index in [-0.39, 0.29) is 0 Å². The number of nitrogens with zero attached hydrogens (tertiary/aromatic N) is 2. The molecule has 0 bridgehead atoms. The van der Waals surface area contributed by atoms with Gasteiger partial charge in [-0.15, -0.1) is 0 Å². The Kier molecular flexibility index (Phi) is 3.20. The second kappa shape index (κ2) is 4.70. The molecule has 2 saturated heterocycles. The number of piperidine rings is 1. The smallest absolute Gasteiger partial charge is 0.407 e. The largest absolute Gasteiger partial charge is 0.465 e. The highest BCUT2D eigenvalue weighted by molar-refractivity contribution is 5.65. The molecule has 102 valence electrons. The molecule has 5 heteroatoms. The Labute approximate surface area is 108 Å². The standard InChI is InChI=1S/C13H22N2O3/c16-12(17)15-3-1-13(2-4-15)9-11(10-13)14-5-7-18-8-6-14/h11H,1-10H2,(H,16,17). The molecule has 0 aromatic heterocycles. The zero-order valence-corrected chi connectivity index (χ0v) is 10.8. The van der Waals surface area contributed by atoms with Crippen LogP contribution in [0.15, 0.2) is 0 Å². The van der Waals surface area contributed by atoms with Gasteiger partial charge < -0.3 is 14.7 Å². The van der Waals surface area contributed by atoms with Crippen molar-refractivity contribution in [2.24, 2.45) is 5.41 Å². The molecule has 2 heterocycles. The van der Waals surface area contributed by atoms with Crippen LogP contribution in [0.4, 0.5) is 4.79 Å². The third kappa shape index (κ3) is 2.21. The van der Waals surface area contributed by atoms with E-state index in [1.807, 2.05) is 0 Å². The predicted octanol–water partition coefficient (Wildman–Crippen LogP) is 1.24. The van der Waals surface area contributed by atoms with Crippen LogP contribution in [0.1, 0.15) is 25.7 Å². The third-order valence-corrected chi connectivity index (χ3v) is 4.99. The molecule has 1 saturated carbocycles. The van der Waals surface area contributed by atoms with Gasteiger partial charge in [0, 0.05) is 32.2 Å². The number of rotatable bonds is 1. The van der Waals surface area contributed by atoms with Crippen molar-refractivity contribution in [1.82, 2.24) is 9.80 Å². The Balaban J connectivity index is 1.48. The number of carboxylic acid groups (broad SMARTS) is 1. The fourth-order valence-electron chi connectivity index (χ4n) is 3.72. The fourth-order valence-corrected chi connectivity index (χ4v) is 3.72. The van der Waals surface area contributed by atoms with Gasteiger partial charge in [-0.25, -0.2) is 4.79 Å². The quantitative estimate of drug-likeness (QED) is 0.765. The Bertz CT molecular complexity index is 312. The first-order valence-corrected chi connectivity index (χ1v) is 6.98. The molecule has 0 unspecified atom stereocenters. The zero-order chi connectivity index (χ0) is 12.6. The minimum absolute atomic E-state index is 0.453. The van der Waals surface area contributed by atoms with Crippen molar-refractivity contribution >= 4 is 6.09 Å². The van der Waals surface area contributed by atoms with Crippen LogP contribution in [0.25, 0.3) is 0 Å². The second-order valence-electron chi connectivity index (χ2n) is 5.98. The Morgan fingerprint density at radius 2 is 1.72 bits per heavy atom. The Morgan fingerprint density at radius 3 is 2.28 bits per heavy atom. The molecule has 1 amide bonds. The fraction of sp³-hybridized carbons (Fsp3) is 0.923. The van der Waals surface area contributed by atoms with Crippen molar-refractivity contribution in [2.75, 3.05) is 39.4 Å². The van der Waals surface area contributed by atoms with Gasteiger partial charge in [-0.2, -0.15) is 0 Å². The second-order valence-corrected chi connectivity index (χ2v) is 5.98. The van der Waals surface area contributed by atoms with Gasteiger partial charge in [0.2, 0.25) is 0 Å². The lowest BCUT2D eigenvalue weighted by Gasteiger charge is -2.55. The summed E-state index contributed by atoms with van der Waals surface area (Å²) < 4.78 is 5.38. The molecular weight excluding hydrogens is 232 g/mol. The highest BCUT2D eigenvalue weighted by Crippen LogP contribution is 2.50. The maximum Gasteiger partial charge on any atom is 0.407 e. The van der Waals surface area contributed by atoms with Gasteiger partial charge in [0.25, 0.3) is 0 Å². The van der Waals surface area contributed by atoms with E-state index >= 15 is 0 Å². The number of hydrogen-bond donors (Lipinski definition) is 1. The van der Waals surface area contributed by atoms with Crippen molar-refractivity contribution in [3.63, 3.8) is 0 Å². The predicted molar refractivity (Wildman–Crippen MR) is 66.7 cm³/mol. The molecule has 0 atom stereocenters. The maximum atomic E-state index is 10.9. The molecule has 1 aliphatic carbocycles. The average Bonchev–Trinajstić information content (AvgIpc) is 2.37. The lowest BCUT2D eigenvalue weighted by Crippen LogP contribution is -2.57. The third-order valence-electron chi connectivity index (χ3n) is 4.99. The van der Waals surface area contributed by atoms with Crippen molar-refractivity contribution < 1.29 is 14.6 Å². The van der Waals surface area contributed by atoms with Gasteiger partial charge in [-0.05, 0) is 31.1 Å². The number of amides is 1. The molecule has 0 radical (unpaired) electrons. The van der Waals surface area contributed by atoms with E-state index in [0.29, 0.717) is 5.41 Å². The summed E-state index contributed by atoms with van der Waals surface area (Å²) >= 11 is 0. The molecule has 0 aromatic carbocycles. The van der Waals surface area contributed by atoms with Gasteiger partial charge in [0.05, 0.1) is 13.2 Å². The number of hydrogen-bond acceptors (Lipinski definition) is 3. The minimum Gasteiger partial charge on any atom is -0.465 e. The molecule has 1 N–H and O–H groups in total. The van der Waals surface area contributed by atoms with Crippen LogP contribution in [-0.4, -0.2) is 66.4 Å². The van der Waals surface area contributed by atoms with Crippen molar-refractivity contribution in [1.29, 1.82) is 0 Å². The number of morpholine rings is 1. The first kappa shape index (κ1) is 12.2. The van der Waals surface area contributed by atoms with E-state index < -0.39 is 6.09 Å². The van der Waals surface area contributed by atoms with Gasteiger partial charge in [0.1, 0.15) is 0 Å². The molecule has 3 rings (SSSR count). The molecule has 18 heavy (non-hydrogen) atoms. The minimum atomic E-state index is -0.756. The number of ether oxygens (including phenoxy) is 1. The highest BCUT2D eigenvalue weighted by atomic mass is 16.5. The molecule has 1 spiro atoms. The van der Waals surface area contributed by atoms with Crippen LogP contribution < -0.4 is 0 Å². The molecule has 3 fully saturated rings. The normalized spacial score (nSPS) is 29.2. The van der Waals surface area contributed by atoms with Crippen molar-refractivity contribution in [3.8, 4) is 0 Å². The van der Waals surface area contributed by atoms with Crippen LogP contribution in [-0.2, 0) is 4.74 Å². The average molecular weight is 254 g/mol. The first-order chi connectivity index (χ1) is 8.69. The molecule has 3 aliphatic rings. The Morgan fingerprint density at radius 1 is 1.11 bits per heavy atom. The zero-order valence-electron chi connectivity index (χ0n) is 10.8. The number of likely N-dealkylation sites (tertiary alicyclic amines) is 1. The lowest BCUT2D eigenvalue weighted by atomic mass is 9.60. The van der Waals surface area contributed by atoms with Crippen LogP contribution >= 0.6 is 0 Å². The summed E-state index contributed by atoms with van der Waals surface area (Å²) in [7, 11) is 0. The SMILES string of the molecule is O=C(O)N1CCC2(CC1)CC(N1CCOCC1)C2. The maximum absolute atomic E-state index is 10.9. The van der Waals surface area contributed by atoms with E-state index in [0.717, 1.165) is 58.3 Å². The van der Waals surface area contributed by atoms with Crippen molar-refractivity contribution in [3.05, 3.63) is 0 Å². The molecular formula is C13H22N2O3. The topological polar surface area (TPSA) is 53.0 Å². The van der Waals surface area contributed by atoms with E-state index in [2.05, 4.69) is 4.90 Å². The first-order valence-electron chi connectivity index (χ1n) is 6.98. The van der Waals surface area contributed by atoms with Crippen LogP contribution in [0.5, 0.6) is 0 Å². The highest BCUT2D eigenvalue weighted by Gasteiger charge is 2.48. The van der Waals surface area contributed by atoms with E-state index in [1.165, 1.54) is 12.8 Å². The summed E-state index contributed by atoms with van der Waals surface area (Å²) in [5.74, 6) is 0. The summed E-state index contributed by atoms with van der Waals surface area (Å²) in [5.41, 5.74) is 0.453. The number of carbonyl (C=O) groups is 1. The monoisotopic (exact) mass is 254 g/mol. The van der Waals surface area contributed by atoms with E-state index in [4.69, 9.17) is 9.84 Å². The van der Waals surface area contributed by atoms with Crippen LogP contribution in [0, 0.1) is 5.41 Å². The van der Waals surface area contributed by atoms with Crippen molar-refractivity contribution in [2.45, 2.75) is 31.7 Å². The van der Waals surface area contributed by atoms with Gasteiger partial charge in [0.15, 0.2) is 0 Å². The molecule has 5 nitrogen and oxygen atoms in total. The van der Waals surface area contributed by atoms with Gasteiger partial charge in [-0.1, -0.05) is 0 Å². The van der Waals surface area contributed by atoms with Crippen LogP contribution in [0.3, 0.4) is 0 Å². The van der Waals surface area contributed by atoms with E-state index in [9.17, 15) is 4.79 Å². The lowest BCUT2D eigenvalue weighted by molar-refractivity contribution is -0.0708. The van der Waals surface area contributed by atoms with E-state index in [1.54, 1.807) is 4.90 Å². The molecule has 2 aliphatic heterocycles.